The molecule has 2 aromatic carbocycles. The highest BCUT2D eigenvalue weighted by Gasteiger charge is 2.32. The van der Waals surface area contributed by atoms with E-state index < -0.39 is 0 Å². The summed E-state index contributed by atoms with van der Waals surface area (Å²) in [5.74, 6) is 2.07. The first-order valence-electron chi connectivity index (χ1n) is 10.3. The summed E-state index contributed by atoms with van der Waals surface area (Å²) in [4.78, 5) is 13.9. The first-order chi connectivity index (χ1) is 14.6. The fraction of sp³-hybridized carbons (Fsp3) is 0.348. The van der Waals surface area contributed by atoms with E-state index in [-0.39, 0.29) is 17.9 Å². The lowest BCUT2D eigenvalue weighted by Gasteiger charge is -2.31. The van der Waals surface area contributed by atoms with E-state index in [1.54, 1.807) is 7.11 Å². The lowest BCUT2D eigenvalue weighted by Crippen LogP contribution is -3.13. The van der Waals surface area contributed by atoms with Crippen molar-refractivity contribution in [2.24, 2.45) is 5.92 Å². The predicted octanol–water partition coefficient (Wildman–Crippen LogP) is 2.74. The van der Waals surface area contributed by atoms with Crippen LogP contribution in [0.1, 0.15) is 31.7 Å². The summed E-state index contributed by atoms with van der Waals surface area (Å²) in [6.45, 7) is 3.90. The Hall–Kier alpha value is -3.19. The first-order valence-corrected chi connectivity index (χ1v) is 10.3. The van der Waals surface area contributed by atoms with Gasteiger partial charge in [0.05, 0.1) is 20.2 Å². The van der Waals surface area contributed by atoms with Gasteiger partial charge in [0.15, 0.2) is 6.04 Å². The van der Waals surface area contributed by atoms with Gasteiger partial charge in [-0.3, -0.25) is 4.79 Å². The van der Waals surface area contributed by atoms with Crippen LogP contribution in [0.15, 0.2) is 59.0 Å². The number of benzene rings is 2. The highest BCUT2D eigenvalue weighted by atomic mass is 16.5. The second-order valence-corrected chi connectivity index (χ2v) is 7.68. The molecule has 30 heavy (non-hydrogen) atoms. The summed E-state index contributed by atoms with van der Waals surface area (Å²) in [5.41, 5.74) is 1.72. The molecular formula is C23H27N4O3+. The minimum atomic E-state index is 0.0405. The molecule has 4 rings (SSSR count). The van der Waals surface area contributed by atoms with Gasteiger partial charge >= 0.3 is 0 Å². The normalized spacial score (nSPS) is 19.8. The number of methoxy groups -OCH3 is 1. The number of rotatable bonds is 6. The number of nitrogens with one attached hydrogen (secondary N) is 2. The van der Waals surface area contributed by atoms with Crippen molar-refractivity contribution in [1.29, 1.82) is 0 Å². The maximum absolute atomic E-state index is 12.5. The van der Waals surface area contributed by atoms with E-state index in [4.69, 9.17) is 9.15 Å². The Morgan fingerprint density at radius 3 is 2.47 bits per heavy atom. The fourth-order valence-electron chi connectivity index (χ4n) is 3.88. The first kappa shape index (κ1) is 20.1. The van der Waals surface area contributed by atoms with E-state index in [1.165, 1.54) is 4.90 Å². The Morgan fingerprint density at radius 1 is 1.10 bits per heavy atom. The molecule has 0 spiro atoms. The van der Waals surface area contributed by atoms with Crippen LogP contribution >= 0.6 is 0 Å². The third-order valence-corrected chi connectivity index (χ3v) is 5.80. The number of carbonyl (C=O) groups excluding carboxylic acids is 1. The van der Waals surface area contributed by atoms with Gasteiger partial charge in [0.2, 0.25) is 11.8 Å². The summed E-state index contributed by atoms with van der Waals surface area (Å²) < 4.78 is 11.1. The number of hydrogen-bond donors (Lipinski definition) is 2. The number of carbonyl (C=O) groups is 1. The number of likely N-dealkylation sites (tertiary alicyclic amines) is 1. The van der Waals surface area contributed by atoms with Gasteiger partial charge in [-0.05, 0) is 43.3 Å². The van der Waals surface area contributed by atoms with Gasteiger partial charge in [-0.25, -0.2) is 0 Å². The van der Waals surface area contributed by atoms with Crippen molar-refractivity contribution in [1.82, 2.24) is 10.2 Å². The lowest BCUT2D eigenvalue weighted by molar-refractivity contribution is -0.936. The van der Waals surface area contributed by atoms with Crippen molar-refractivity contribution in [3.8, 4) is 17.2 Å². The zero-order valence-corrected chi connectivity index (χ0v) is 17.3. The molecule has 1 aliphatic heterocycles. The summed E-state index contributed by atoms with van der Waals surface area (Å²) in [6, 6.07) is 17.3. The topological polar surface area (TPSA) is 81.7 Å². The molecule has 156 valence electrons. The Bertz CT molecular complexity index is 964. The molecule has 0 saturated carbocycles. The van der Waals surface area contributed by atoms with Crippen LogP contribution in [0.25, 0.3) is 11.5 Å². The van der Waals surface area contributed by atoms with Gasteiger partial charge < -0.3 is 19.4 Å². The molecule has 1 amide bonds. The SMILES string of the molecule is COc1ccc(-c2nnc([C@@H](C)[NH+]3CCC(C(=O)Nc4ccccc4)CC3)o2)cc1. The van der Waals surface area contributed by atoms with Crippen LogP contribution in [0.4, 0.5) is 5.69 Å². The maximum Gasteiger partial charge on any atom is 0.274 e. The molecule has 2 heterocycles. The molecule has 0 unspecified atom stereocenters. The molecule has 7 nitrogen and oxygen atoms in total. The monoisotopic (exact) mass is 407 g/mol. The van der Waals surface area contributed by atoms with Crippen molar-refractivity contribution in [3.63, 3.8) is 0 Å². The number of nitrogens with zero attached hydrogens (tertiary/aromatic N) is 2. The van der Waals surface area contributed by atoms with Gasteiger partial charge in [-0.1, -0.05) is 18.2 Å². The van der Waals surface area contributed by atoms with Crippen molar-refractivity contribution in [3.05, 3.63) is 60.5 Å². The highest BCUT2D eigenvalue weighted by molar-refractivity contribution is 5.92. The Balaban J connectivity index is 1.33. The van der Waals surface area contributed by atoms with E-state index in [1.807, 2.05) is 54.6 Å². The van der Waals surface area contributed by atoms with Crippen LogP contribution < -0.4 is 15.0 Å². The molecular weight excluding hydrogens is 380 g/mol. The number of amides is 1. The Labute approximate surface area is 176 Å². The molecule has 2 N–H and O–H groups in total. The molecule has 1 atom stereocenters. The second kappa shape index (κ2) is 9.09. The van der Waals surface area contributed by atoms with Crippen molar-refractivity contribution in [2.45, 2.75) is 25.8 Å². The molecule has 0 aliphatic carbocycles. The van der Waals surface area contributed by atoms with E-state index in [9.17, 15) is 4.79 Å². The average Bonchev–Trinajstić information content (AvgIpc) is 3.30. The number of para-hydroxylation sites is 1. The van der Waals surface area contributed by atoms with Crippen LogP contribution in [-0.4, -0.2) is 36.3 Å². The van der Waals surface area contributed by atoms with Crippen LogP contribution in [0, 0.1) is 5.92 Å². The second-order valence-electron chi connectivity index (χ2n) is 7.68. The number of aromatic nitrogens is 2. The maximum atomic E-state index is 12.5. The Morgan fingerprint density at radius 2 is 1.80 bits per heavy atom. The highest BCUT2D eigenvalue weighted by Crippen LogP contribution is 2.23. The van der Waals surface area contributed by atoms with Crippen molar-refractivity contribution >= 4 is 11.6 Å². The molecule has 3 aromatic rings. The standard InChI is InChI=1S/C23H26N4O3/c1-16(22-25-26-23(30-22)18-8-10-20(29-2)11-9-18)27-14-12-17(13-15-27)21(28)24-19-6-4-3-5-7-19/h3-11,16-17H,12-15H2,1-2H3,(H,24,28)/p+1/t16-/m1/s1. The zero-order valence-electron chi connectivity index (χ0n) is 17.3. The number of hydrogen-bond acceptors (Lipinski definition) is 5. The molecule has 0 radical (unpaired) electrons. The molecule has 1 aromatic heterocycles. The molecule has 1 fully saturated rings. The summed E-state index contributed by atoms with van der Waals surface area (Å²) in [7, 11) is 1.64. The van der Waals surface area contributed by atoms with Crippen LogP contribution in [-0.2, 0) is 4.79 Å². The van der Waals surface area contributed by atoms with E-state index in [2.05, 4.69) is 22.4 Å². The summed E-state index contributed by atoms with van der Waals surface area (Å²) >= 11 is 0. The molecule has 0 bridgehead atoms. The summed E-state index contributed by atoms with van der Waals surface area (Å²) in [6.07, 6.45) is 1.69. The van der Waals surface area contributed by atoms with Crippen LogP contribution in [0.5, 0.6) is 5.75 Å². The smallest absolute Gasteiger partial charge is 0.274 e. The molecule has 1 saturated heterocycles. The lowest BCUT2D eigenvalue weighted by atomic mass is 9.95. The van der Waals surface area contributed by atoms with E-state index in [0.29, 0.717) is 11.8 Å². The van der Waals surface area contributed by atoms with Gasteiger partial charge in [0.25, 0.3) is 5.89 Å². The number of anilines is 1. The molecule has 7 heteroatoms. The van der Waals surface area contributed by atoms with Gasteiger partial charge in [0.1, 0.15) is 5.75 Å². The number of piperidine rings is 1. The predicted molar refractivity (Wildman–Crippen MR) is 113 cm³/mol. The zero-order chi connectivity index (χ0) is 20.9. The van der Waals surface area contributed by atoms with Gasteiger partial charge in [0, 0.05) is 30.0 Å². The molecule has 1 aliphatic rings. The number of ether oxygens (including phenoxy) is 1. The van der Waals surface area contributed by atoms with E-state index in [0.717, 1.165) is 42.9 Å². The minimum Gasteiger partial charge on any atom is -0.497 e. The quantitative estimate of drug-likeness (QED) is 0.657. The van der Waals surface area contributed by atoms with Gasteiger partial charge in [-0.2, -0.15) is 0 Å². The number of quaternary nitrogens is 1. The Kier molecular flexibility index (Phi) is 6.09. The third-order valence-electron chi connectivity index (χ3n) is 5.80. The van der Waals surface area contributed by atoms with E-state index >= 15 is 0 Å². The van der Waals surface area contributed by atoms with Gasteiger partial charge in [-0.15, -0.1) is 10.2 Å². The van der Waals surface area contributed by atoms with Crippen molar-refractivity contribution in [2.75, 3.05) is 25.5 Å². The minimum absolute atomic E-state index is 0.0405. The third kappa shape index (κ3) is 4.52. The van der Waals surface area contributed by atoms with Crippen LogP contribution in [0.3, 0.4) is 0 Å². The fourth-order valence-corrected chi connectivity index (χ4v) is 3.88. The largest absolute Gasteiger partial charge is 0.497 e. The summed E-state index contributed by atoms with van der Waals surface area (Å²) in [5, 5.41) is 11.5. The van der Waals surface area contributed by atoms with Crippen molar-refractivity contribution < 1.29 is 18.8 Å². The van der Waals surface area contributed by atoms with Crippen LogP contribution in [0.2, 0.25) is 0 Å². The average molecular weight is 407 g/mol.